The van der Waals surface area contributed by atoms with Gasteiger partial charge in [0.2, 0.25) is 6.19 Å². The fraction of sp³-hybridized carbons (Fsp3) is 0.562. The molecule has 0 aliphatic carbocycles. The van der Waals surface area contributed by atoms with Gasteiger partial charge in [0.05, 0.1) is 19.0 Å². The Morgan fingerprint density at radius 1 is 1.44 bits per heavy atom. The molecule has 11 nitrogen and oxygen atoms in total. The van der Waals surface area contributed by atoms with Crippen LogP contribution in [0.3, 0.4) is 0 Å². The van der Waals surface area contributed by atoms with E-state index in [0.717, 1.165) is 0 Å². The number of imidazole rings is 1. The Hall–Kier alpha value is -2.81. The van der Waals surface area contributed by atoms with Crippen LogP contribution in [0.25, 0.3) is 11.2 Å². The van der Waals surface area contributed by atoms with Crippen molar-refractivity contribution in [1.82, 2.24) is 24.4 Å². The van der Waals surface area contributed by atoms with Crippen LogP contribution in [0.5, 0.6) is 0 Å². The number of aliphatic imine (C=N–C) groups is 1. The molecule has 1 aliphatic rings. The molecule has 1 fully saturated rings. The van der Waals surface area contributed by atoms with Crippen LogP contribution >= 0.6 is 0 Å². The number of aliphatic hydroxyl groups is 2. The largest absolute Gasteiger partial charge is 0.388 e. The van der Waals surface area contributed by atoms with Gasteiger partial charge >= 0.3 is 0 Å². The number of hydrogen-bond acceptors (Lipinski definition) is 9. The van der Waals surface area contributed by atoms with Crippen molar-refractivity contribution in [2.24, 2.45) is 4.99 Å². The quantitative estimate of drug-likeness (QED) is 0.377. The molecule has 11 heteroatoms. The third-order valence-electron chi connectivity index (χ3n) is 4.60. The van der Waals surface area contributed by atoms with Gasteiger partial charge in [-0.1, -0.05) is 0 Å². The van der Waals surface area contributed by atoms with E-state index in [2.05, 4.69) is 25.3 Å². The first-order valence-electron chi connectivity index (χ1n) is 8.44. The standard InChI is InChI=1S/C16H22N8O3/c1-8-12(25)13(26)16(27-8)24-7-20-11-14(18-3)21-10(22-15(11)24)5-23(4)9(2)19-6-17/h7-8,12-13,16,25-26H,5H2,1-4H3,(H,18,21,22)/t8-,12?,13?,16?/m1/s1. The number of fused-ring (bicyclic) bond motifs is 1. The molecule has 0 aromatic carbocycles. The van der Waals surface area contributed by atoms with Gasteiger partial charge in [0.1, 0.15) is 18.0 Å². The van der Waals surface area contributed by atoms with Crippen molar-refractivity contribution in [2.45, 2.75) is 44.9 Å². The molecule has 4 atom stereocenters. The second kappa shape index (κ2) is 7.43. The molecule has 27 heavy (non-hydrogen) atoms. The maximum absolute atomic E-state index is 10.3. The van der Waals surface area contributed by atoms with Crippen LogP contribution in [-0.4, -0.2) is 72.9 Å². The number of nitriles is 1. The van der Waals surface area contributed by atoms with Gasteiger partial charge in [-0.3, -0.25) is 4.57 Å². The summed E-state index contributed by atoms with van der Waals surface area (Å²) in [4.78, 5) is 18.8. The lowest BCUT2D eigenvalue weighted by Crippen LogP contribution is -2.30. The highest BCUT2D eigenvalue weighted by Crippen LogP contribution is 2.32. The van der Waals surface area contributed by atoms with Crippen molar-refractivity contribution in [1.29, 1.82) is 5.26 Å². The Balaban J connectivity index is 2.01. The third-order valence-corrected chi connectivity index (χ3v) is 4.60. The maximum Gasteiger partial charge on any atom is 0.207 e. The van der Waals surface area contributed by atoms with Crippen molar-refractivity contribution < 1.29 is 14.9 Å². The van der Waals surface area contributed by atoms with Crippen molar-refractivity contribution in [3.63, 3.8) is 0 Å². The van der Waals surface area contributed by atoms with E-state index in [1.54, 1.807) is 43.6 Å². The Morgan fingerprint density at radius 2 is 2.19 bits per heavy atom. The predicted octanol–water partition coefficient (Wildman–Crippen LogP) is -0.162. The number of aliphatic hydroxyl groups excluding tert-OH is 2. The Labute approximate surface area is 155 Å². The number of rotatable bonds is 4. The lowest BCUT2D eigenvalue weighted by molar-refractivity contribution is -0.0299. The summed E-state index contributed by atoms with van der Waals surface area (Å²) in [5.41, 5.74) is 0.995. The van der Waals surface area contributed by atoms with Gasteiger partial charge in [0.15, 0.2) is 29.0 Å². The van der Waals surface area contributed by atoms with Crippen LogP contribution in [0.2, 0.25) is 0 Å². The van der Waals surface area contributed by atoms with E-state index in [4.69, 9.17) is 10.00 Å². The van der Waals surface area contributed by atoms with Crippen molar-refractivity contribution in [2.75, 3.05) is 19.4 Å². The molecule has 3 heterocycles. The molecule has 3 N–H and O–H groups in total. The SMILES string of the molecule is CNc1nc(CN(C)C(C)=NC#N)nc2c1ncn2C1O[C@H](C)C(O)C1O. The van der Waals surface area contributed by atoms with Crippen molar-refractivity contribution in [3.05, 3.63) is 12.2 Å². The monoisotopic (exact) mass is 374 g/mol. The summed E-state index contributed by atoms with van der Waals surface area (Å²) < 4.78 is 7.27. The molecule has 1 saturated heterocycles. The molecule has 3 unspecified atom stereocenters. The first-order valence-corrected chi connectivity index (χ1v) is 8.44. The van der Waals surface area contributed by atoms with Crippen molar-refractivity contribution in [3.8, 4) is 6.19 Å². The fourth-order valence-corrected chi connectivity index (χ4v) is 2.93. The molecule has 0 spiro atoms. The first kappa shape index (κ1) is 19.0. The second-order valence-electron chi connectivity index (χ2n) is 6.39. The number of nitrogens with zero attached hydrogens (tertiary/aromatic N) is 7. The molecule has 1 aliphatic heterocycles. The Bertz CT molecular complexity index is 905. The molecule has 0 saturated carbocycles. The number of amidine groups is 1. The van der Waals surface area contributed by atoms with Crippen LogP contribution < -0.4 is 5.32 Å². The molecule has 3 rings (SSSR count). The summed E-state index contributed by atoms with van der Waals surface area (Å²) in [5, 5.41) is 32.0. The average molecular weight is 374 g/mol. The number of aromatic nitrogens is 4. The zero-order chi connectivity index (χ0) is 19.7. The van der Waals surface area contributed by atoms with Crippen LogP contribution in [-0.2, 0) is 11.3 Å². The highest BCUT2D eigenvalue weighted by Gasteiger charge is 2.42. The molecule has 0 bridgehead atoms. The molecular weight excluding hydrogens is 352 g/mol. The molecule has 2 aromatic rings. The topological polar surface area (TPSA) is 145 Å². The summed E-state index contributed by atoms with van der Waals surface area (Å²) in [6.07, 6.45) is -0.136. The van der Waals surface area contributed by atoms with E-state index in [1.165, 1.54) is 6.33 Å². The normalized spacial score (nSPS) is 25.6. The van der Waals surface area contributed by atoms with E-state index < -0.39 is 24.5 Å². The summed E-state index contributed by atoms with van der Waals surface area (Å²) in [6, 6.07) is 0. The van der Waals surface area contributed by atoms with Gasteiger partial charge in [0.25, 0.3) is 0 Å². The van der Waals surface area contributed by atoms with E-state index in [9.17, 15) is 10.2 Å². The van der Waals surface area contributed by atoms with Crippen LogP contribution in [0.15, 0.2) is 11.3 Å². The van der Waals surface area contributed by atoms with Gasteiger partial charge in [0, 0.05) is 14.1 Å². The lowest BCUT2D eigenvalue weighted by Gasteiger charge is -2.19. The molecule has 144 valence electrons. The zero-order valence-corrected chi connectivity index (χ0v) is 15.5. The van der Waals surface area contributed by atoms with E-state index >= 15 is 0 Å². The molecule has 0 amide bonds. The smallest absolute Gasteiger partial charge is 0.207 e. The van der Waals surface area contributed by atoms with Gasteiger partial charge in [-0.05, 0) is 13.8 Å². The first-order chi connectivity index (χ1) is 12.9. The number of ether oxygens (including phenoxy) is 1. The van der Waals surface area contributed by atoms with Gasteiger partial charge in [-0.2, -0.15) is 10.3 Å². The molecule has 2 aromatic heterocycles. The minimum absolute atomic E-state index is 0.319. The minimum Gasteiger partial charge on any atom is -0.388 e. The fourth-order valence-electron chi connectivity index (χ4n) is 2.93. The second-order valence-corrected chi connectivity index (χ2v) is 6.39. The number of nitrogens with one attached hydrogen (secondary N) is 1. The summed E-state index contributed by atoms with van der Waals surface area (Å²) >= 11 is 0. The highest BCUT2D eigenvalue weighted by atomic mass is 16.6. The van der Waals surface area contributed by atoms with Crippen LogP contribution in [0, 0.1) is 11.5 Å². The maximum atomic E-state index is 10.3. The predicted molar refractivity (Wildman–Crippen MR) is 96.7 cm³/mol. The number of anilines is 1. The van der Waals surface area contributed by atoms with E-state index in [1.807, 2.05) is 0 Å². The van der Waals surface area contributed by atoms with Crippen LogP contribution in [0.1, 0.15) is 25.9 Å². The van der Waals surface area contributed by atoms with Gasteiger partial charge < -0.3 is 25.2 Å². The third kappa shape index (κ3) is 3.42. The van der Waals surface area contributed by atoms with E-state index in [0.29, 0.717) is 35.2 Å². The summed E-state index contributed by atoms with van der Waals surface area (Å²) in [5.74, 6) is 1.54. The van der Waals surface area contributed by atoms with Gasteiger partial charge in [-0.15, -0.1) is 0 Å². The zero-order valence-electron chi connectivity index (χ0n) is 15.5. The van der Waals surface area contributed by atoms with Crippen molar-refractivity contribution >= 4 is 22.8 Å². The Kier molecular flexibility index (Phi) is 5.22. The number of hydrogen-bond donors (Lipinski definition) is 3. The van der Waals surface area contributed by atoms with Crippen LogP contribution in [0.4, 0.5) is 5.82 Å². The molecule has 0 radical (unpaired) electrons. The average Bonchev–Trinajstić information content (AvgIpc) is 3.17. The Morgan fingerprint density at radius 3 is 2.78 bits per heavy atom. The summed E-state index contributed by atoms with van der Waals surface area (Å²) in [6.45, 7) is 3.73. The van der Waals surface area contributed by atoms with Gasteiger partial charge in [-0.25, -0.2) is 15.0 Å². The molecular formula is C16H22N8O3. The lowest BCUT2D eigenvalue weighted by atomic mass is 10.1. The van der Waals surface area contributed by atoms with E-state index in [-0.39, 0.29) is 0 Å². The minimum atomic E-state index is -1.10. The summed E-state index contributed by atoms with van der Waals surface area (Å²) in [7, 11) is 3.51. The highest BCUT2D eigenvalue weighted by molar-refractivity contribution is 5.83.